The monoisotopic (exact) mass is 303 g/mol. The summed E-state index contributed by atoms with van der Waals surface area (Å²) in [7, 11) is 0. The molecule has 7 nitrogen and oxygen atoms in total. The molecular weight excluding hydrogens is 286 g/mol. The summed E-state index contributed by atoms with van der Waals surface area (Å²) in [5.41, 5.74) is 0.864. The molecule has 1 fully saturated rings. The maximum atomic E-state index is 12.2. The summed E-state index contributed by atoms with van der Waals surface area (Å²) >= 11 is 0. The van der Waals surface area contributed by atoms with Gasteiger partial charge in [0, 0.05) is 13.1 Å². The van der Waals surface area contributed by atoms with Gasteiger partial charge in [-0.3, -0.25) is 14.4 Å². The number of morpholine rings is 1. The number of benzene rings is 1. The van der Waals surface area contributed by atoms with E-state index in [1.807, 2.05) is 0 Å². The second-order valence-electron chi connectivity index (χ2n) is 5.26. The van der Waals surface area contributed by atoms with Crippen LogP contribution in [0.3, 0.4) is 0 Å². The molecule has 1 aromatic rings. The number of rotatable bonds is 2. The lowest BCUT2D eigenvalue weighted by Crippen LogP contribution is -2.47. The van der Waals surface area contributed by atoms with Gasteiger partial charge in [0.15, 0.2) is 0 Å². The van der Waals surface area contributed by atoms with Crippen molar-refractivity contribution in [3.05, 3.63) is 29.8 Å². The summed E-state index contributed by atoms with van der Waals surface area (Å²) in [6.45, 7) is 2.03. The van der Waals surface area contributed by atoms with Gasteiger partial charge in [0.05, 0.1) is 30.9 Å². The Bertz CT molecular complexity index is 611. The molecule has 0 bridgehead atoms. The first-order valence-corrected chi connectivity index (χ1v) is 7.21. The molecule has 1 saturated heterocycles. The largest absolute Gasteiger partial charge is 0.378 e. The van der Waals surface area contributed by atoms with Crippen molar-refractivity contribution in [2.75, 3.05) is 31.6 Å². The molecule has 0 unspecified atom stereocenters. The predicted octanol–water partition coefficient (Wildman–Crippen LogP) is -0.0140. The number of fused-ring (bicyclic) bond motifs is 1. The van der Waals surface area contributed by atoms with Crippen LogP contribution < -0.4 is 10.6 Å². The number of nitrogens with one attached hydrogen (secondary N) is 2. The molecule has 7 heteroatoms. The van der Waals surface area contributed by atoms with Gasteiger partial charge < -0.3 is 20.3 Å². The van der Waals surface area contributed by atoms with E-state index >= 15 is 0 Å². The number of carbonyl (C=O) groups is 3. The molecule has 2 heterocycles. The molecule has 2 N–H and O–H groups in total. The molecule has 2 aliphatic rings. The Hall–Kier alpha value is -2.41. The quantitative estimate of drug-likeness (QED) is 0.804. The lowest BCUT2D eigenvalue weighted by Gasteiger charge is -2.28. The molecule has 0 aliphatic carbocycles. The minimum atomic E-state index is -0.866. The van der Waals surface area contributed by atoms with E-state index in [0.717, 1.165) is 0 Å². The van der Waals surface area contributed by atoms with Crippen LogP contribution in [0.15, 0.2) is 24.3 Å². The predicted molar refractivity (Wildman–Crippen MR) is 78.3 cm³/mol. The molecule has 22 heavy (non-hydrogen) atoms. The summed E-state index contributed by atoms with van der Waals surface area (Å²) in [5.74, 6) is -0.886. The molecule has 116 valence electrons. The highest BCUT2D eigenvalue weighted by Crippen LogP contribution is 2.19. The Kier molecular flexibility index (Phi) is 4.06. The van der Waals surface area contributed by atoms with E-state index < -0.39 is 6.04 Å². The van der Waals surface area contributed by atoms with Crippen molar-refractivity contribution in [2.24, 2.45) is 0 Å². The topological polar surface area (TPSA) is 87.7 Å². The van der Waals surface area contributed by atoms with Crippen molar-refractivity contribution < 1.29 is 19.1 Å². The molecule has 3 rings (SSSR count). The van der Waals surface area contributed by atoms with E-state index in [0.29, 0.717) is 37.6 Å². The van der Waals surface area contributed by atoms with Gasteiger partial charge in [-0.1, -0.05) is 12.1 Å². The van der Waals surface area contributed by atoms with Crippen LogP contribution in [0.4, 0.5) is 5.69 Å². The lowest BCUT2D eigenvalue weighted by molar-refractivity contribution is -0.137. The van der Waals surface area contributed by atoms with E-state index in [1.165, 1.54) is 0 Å². The fraction of sp³-hybridized carbons (Fsp3) is 0.400. The van der Waals surface area contributed by atoms with E-state index in [9.17, 15) is 14.4 Å². The molecule has 0 spiro atoms. The van der Waals surface area contributed by atoms with Gasteiger partial charge in [0.1, 0.15) is 6.04 Å². The van der Waals surface area contributed by atoms with Gasteiger partial charge in [-0.15, -0.1) is 0 Å². The lowest BCUT2D eigenvalue weighted by atomic mass is 10.1. The van der Waals surface area contributed by atoms with Crippen molar-refractivity contribution in [1.82, 2.24) is 10.2 Å². The Morgan fingerprint density at radius 2 is 1.95 bits per heavy atom. The Labute approximate surface area is 127 Å². The fourth-order valence-electron chi connectivity index (χ4n) is 2.57. The summed E-state index contributed by atoms with van der Waals surface area (Å²) in [6.07, 6.45) is -0.0500. The number of nitrogens with zero attached hydrogens (tertiary/aromatic N) is 1. The third-order valence-corrected chi connectivity index (χ3v) is 3.79. The maximum absolute atomic E-state index is 12.2. The van der Waals surface area contributed by atoms with Gasteiger partial charge in [0.25, 0.3) is 5.91 Å². The molecule has 0 saturated carbocycles. The molecule has 0 radical (unpaired) electrons. The molecule has 2 aliphatic heterocycles. The van der Waals surface area contributed by atoms with Crippen LogP contribution in [-0.4, -0.2) is 55.0 Å². The third kappa shape index (κ3) is 2.94. The van der Waals surface area contributed by atoms with Crippen molar-refractivity contribution in [2.45, 2.75) is 12.5 Å². The first-order chi connectivity index (χ1) is 10.6. The van der Waals surface area contributed by atoms with Crippen LogP contribution >= 0.6 is 0 Å². The maximum Gasteiger partial charge on any atom is 0.254 e. The number of ether oxygens (including phenoxy) is 1. The minimum Gasteiger partial charge on any atom is -0.378 e. The zero-order valence-electron chi connectivity index (χ0n) is 12.0. The Morgan fingerprint density at radius 1 is 1.23 bits per heavy atom. The smallest absolute Gasteiger partial charge is 0.254 e. The van der Waals surface area contributed by atoms with E-state index in [1.54, 1.807) is 29.2 Å². The van der Waals surface area contributed by atoms with Crippen molar-refractivity contribution in [1.29, 1.82) is 0 Å². The summed E-state index contributed by atoms with van der Waals surface area (Å²) in [5, 5.41) is 5.32. The number of carbonyl (C=O) groups excluding carboxylic acids is 3. The van der Waals surface area contributed by atoms with Gasteiger partial charge in [-0.25, -0.2) is 0 Å². The second kappa shape index (κ2) is 6.15. The normalized spacial score (nSPS) is 21.5. The molecule has 1 aromatic carbocycles. The number of amides is 3. The zero-order valence-corrected chi connectivity index (χ0v) is 12.0. The Morgan fingerprint density at radius 3 is 2.73 bits per heavy atom. The van der Waals surface area contributed by atoms with E-state index in [-0.39, 0.29) is 24.1 Å². The molecular formula is C15H17N3O4. The number of hydrogen-bond donors (Lipinski definition) is 2. The van der Waals surface area contributed by atoms with Crippen LogP contribution in [0.2, 0.25) is 0 Å². The first kappa shape index (κ1) is 14.5. The van der Waals surface area contributed by atoms with E-state index in [2.05, 4.69) is 10.6 Å². The van der Waals surface area contributed by atoms with Crippen molar-refractivity contribution in [3.63, 3.8) is 0 Å². The minimum absolute atomic E-state index is 0.0500. The second-order valence-corrected chi connectivity index (χ2v) is 5.26. The highest BCUT2D eigenvalue weighted by molar-refractivity contribution is 6.10. The summed E-state index contributed by atoms with van der Waals surface area (Å²) < 4.78 is 5.20. The van der Waals surface area contributed by atoms with Crippen LogP contribution in [0, 0.1) is 0 Å². The number of hydrogen-bond acceptors (Lipinski definition) is 4. The first-order valence-electron chi connectivity index (χ1n) is 7.21. The standard InChI is InChI=1S/C15H17N3O4/c19-13(18-5-7-22-8-6-18)9-12-15(21)16-11-4-2-1-3-10(11)14(20)17-12/h1-4,12H,5-9H2,(H,16,21)(H,17,20)/t12-/m1/s1. The van der Waals surface area contributed by atoms with Crippen LogP contribution in [0.25, 0.3) is 0 Å². The Balaban J connectivity index is 1.71. The SMILES string of the molecule is O=C1N[C@H](CC(=O)N2CCOCC2)C(=O)Nc2ccccc21. The van der Waals surface area contributed by atoms with Crippen molar-refractivity contribution >= 4 is 23.4 Å². The molecule has 1 atom stereocenters. The fourth-order valence-corrected chi connectivity index (χ4v) is 2.57. The highest BCUT2D eigenvalue weighted by atomic mass is 16.5. The molecule has 3 amide bonds. The highest BCUT2D eigenvalue weighted by Gasteiger charge is 2.31. The average Bonchev–Trinajstić information content (AvgIpc) is 2.66. The van der Waals surface area contributed by atoms with Gasteiger partial charge >= 0.3 is 0 Å². The van der Waals surface area contributed by atoms with Gasteiger partial charge in [-0.05, 0) is 12.1 Å². The van der Waals surface area contributed by atoms with E-state index in [4.69, 9.17) is 4.74 Å². The van der Waals surface area contributed by atoms with Gasteiger partial charge in [-0.2, -0.15) is 0 Å². The zero-order chi connectivity index (χ0) is 15.5. The number of para-hydroxylation sites is 1. The third-order valence-electron chi connectivity index (χ3n) is 3.79. The average molecular weight is 303 g/mol. The summed E-state index contributed by atoms with van der Waals surface area (Å²) in [4.78, 5) is 38.3. The van der Waals surface area contributed by atoms with Crippen LogP contribution in [0.1, 0.15) is 16.8 Å². The summed E-state index contributed by atoms with van der Waals surface area (Å²) in [6, 6.07) is 5.90. The molecule has 0 aromatic heterocycles. The van der Waals surface area contributed by atoms with Crippen LogP contribution in [0.5, 0.6) is 0 Å². The number of anilines is 1. The van der Waals surface area contributed by atoms with Gasteiger partial charge in [0.2, 0.25) is 11.8 Å². The van der Waals surface area contributed by atoms with Crippen LogP contribution in [-0.2, 0) is 14.3 Å². The van der Waals surface area contributed by atoms with Crippen molar-refractivity contribution in [3.8, 4) is 0 Å².